The van der Waals surface area contributed by atoms with Crippen molar-refractivity contribution in [2.75, 3.05) is 19.7 Å². The van der Waals surface area contributed by atoms with E-state index in [9.17, 15) is 5.11 Å². The van der Waals surface area contributed by atoms with Gasteiger partial charge in [0.05, 0.1) is 10.7 Å². The highest BCUT2D eigenvalue weighted by Gasteiger charge is 2.33. The second kappa shape index (κ2) is 8.84. The SMILES string of the molecule is Cc1ccc(OCC2(O)CCN(Cc3cccn3-c3ccccc3Cl)CC2)cc1C. The molecule has 2 aromatic carbocycles. The molecule has 0 aliphatic carbocycles. The van der Waals surface area contributed by atoms with Crippen LogP contribution in [-0.2, 0) is 6.54 Å². The minimum absolute atomic E-state index is 0.333. The van der Waals surface area contributed by atoms with Gasteiger partial charge in [-0.25, -0.2) is 0 Å². The van der Waals surface area contributed by atoms with Gasteiger partial charge < -0.3 is 14.4 Å². The Morgan fingerprint density at radius 2 is 1.77 bits per heavy atom. The Labute approximate surface area is 183 Å². The number of halogens is 1. The maximum atomic E-state index is 11.0. The summed E-state index contributed by atoms with van der Waals surface area (Å²) in [7, 11) is 0. The lowest BCUT2D eigenvalue weighted by Crippen LogP contribution is -2.47. The summed E-state index contributed by atoms with van der Waals surface area (Å²) >= 11 is 6.39. The van der Waals surface area contributed by atoms with Gasteiger partial charge in [-0.05, 0) is 74.2 Å². The largest absolute Gasteiger partial charge is 0.491 e. The third-order valence-electron chi connectivity index (χ3n) is 6.10. The monoisotopic (exact) mass is 424 g/mol. The average molecular weight is 425 g/mol. The van der Waals surface area contributed by atoms with Crippen LogP contribution >= 0.6 is 11.6 Å². The van der Waals surface area contributed by atoms with Crippen molar-refractivity contribution >= 4 is 11.6 Å². The fourth-order valence-electron chi connectivity index (χ4n) is 3.95. The van der Waals surface area contributed by atoms with E-state index in [2.05, 4.69) is 41.5 Å². The number of piperidine rings is 1. The molecular weight excluding hydrogens is 396 g/mol. The zero-order valence-electron chi connectivity index (χ0n) is 17.6. The fourth-order valence-corrected chi connectivity index (χ4v) is 4.18. The molecule has 1 aliphatic heterocycles. The first-order valence-corrected chi connectivity index (χ1v) is 10.9. The highest BCUT2D eigenvalue weighted by atomic mass is 35.5. The molecule has 2 heterocycles. The van der Waals surface area contributed by atoms with E-state index in [0.29, 0.717) is 19.4 Å². The number of ether oxygens (including phenoxy) is 1. The van der Waals surface area contributed by atoms with E-state index in [1.54, 1.807) is 0 Å². The standard InChI is InChI=1S/C25H29ClN2O2/c1-19-9-10-22(16-20(19)2)30-18-25(29)11-14-27(15-12-25)17-21-6-5-13-28(21)24-8-4-3-7-23(24)26/h3-10,13,16,29H,11-12,14-15,17-18H2,1-2H3. The molecule has 4 nitrogen and oxygen atoms in total. The van der Waals surface area contributed by atoms with Crippen LogP contribution in [0, 0.1) is 13.8 Å². The highest BCUT2D eigenvalue weighted by Crippen LogP contribution is 2.27. The molecule has 1 aromatic heterocycles. The smallest absolute Gasteiger partial charge is 0.119 e. The lowest BCUT2D eigenvalue weighted by atomic mass is 9.92. The first kappa shape index (κ1) is 21.0. The molecule has 1 fully saturated rings. The summed E-state index contributed by atoms with van der Waals surface area (Å²) in [5.74, 6) is 0.825. The Bertz CT molecular complexity index is 1010. The number of aryl methyl sites for hydroxylation is 2. The van der Waals surface area contributed by atoms with Crippen molar-refractivity contribution in [1.29, 1.82) is 0 Å². The Morgan fingerprint density at radius 3 is 2.50 bits per heavy atom. The number of para-hydroxylation sites is 1. The van der Waals surface area contributed by atoms with Crippen LogP contribution in [0.2, 0.25) is 5.02 Å². The van der Waals surface area contributed by atoms with Crippen LogP contribution in [0.15, 0.2) is 60.8 Å². The van der Waals surface area contributed by atoms with Crippen LogP contribution < -0.4 is 4.74 Å². The van der Waals surface area contributed by atoms with Crippen LogP contribution in [0.1, 0.15) is 29.7 Å². The maximum Gasteiger partial charge on any atom is 0.119 e. The van der Waals surface area contributed by atoms with Crippen LogP contribution in [-0.4, -0.2) is 39.9 Å². The lowest BCUT2D eigenvalue weighted by Gasteiger charge is -2.38. The van der Waals surface area contributed by atoms with Crippen molar-refractivity contribution < 1.29 is 9.84 Å². The van der Waals surface area contributed by atoms with Crippen molar-refractivity contribution in [3.05, 3.63) is 82.6 Å². The maximum absolute atomic E-state index is 11.0. The molecule has 3 aromatic rings. The van der Waals surface area contributed by atoms with E-state index in [4.69, 9.17) is 16.3 Å². The lowest BCUT2D eigenvalue weighted by molar-refractivity contribution is -0.0539. The van der Waals surface area contributed by atoms with Crippen LogP contribution in [0.3, 0.4) is 0 Å². The van der Waals surface area contributed by atoms with Crippen LogP contribution in [0.5, 0.6) is 5.75 Å². The predicted molar refractivity (Wildman–Crippen MR) is 122 cm³/mol. The Morgan fingerprint density at radius 1 is 1.00 bits per heavy atom. The van der Waals surface area contributed by atoms with Gasteiger partial charge in [0, 0.05) is 31.5 Å². The second-order valence-electron chi connectivity index (χ2n) is 8.36. The molecule has 0 atom stereocenters. The van der Waals surface area contributed by atoms with Gasteiger partial charge in [-0.15, -0.1) is 0 Å². The first-order valence-electron chi connectivity index (χ1n) is 10.5. The summed E-state index contributed by atoms with van der Waals surface area (Å²) in [6.45, 7) is 6.99. The molecule has 1 N–H and O–H groups in total. The van der Waals surface area contributed by atoms with E-state index in [-0.39, 0.29) is 0 Å². The third kappa shape index (κ3) is 4.72. The van der Waals surface area contributed by atoms with Gasteiger partial charge in [0.1, 0.15) is 18.0 Å². The quantitative estimate of drug-likeness (QED) is 0.594. The molecule has 30 heavy (non-hydrogen) atoms. The molecule has 0 saturated carbocycles. The Hall–Kier alpha value is -2.27. The van der Waals surface area contributed by atoms with Crippen LogP contribution in [0.25, 0.3) is 5.69 Å². The van der Waals surface area contributed by atoms with Gasteiger partial charge in [0.25, 0.3) is 0 Å². The number of rotatable bonds is 6. The van der Waals surface area contributed by atoms with Crippen molar-refractivity contribution in [1.82, 2.24) is 9.47 Å². The number of hydrogen-bond acceptors (Lipinski definition) is 3. The molecule has 158 valence electrons. The summed E-state index contributed by atoms with van der Waals surface area (Å²) in [5.41, 5.74) is 3.86. The molecule has 1 saturated heterocycles. The molecule has 0 bridgehead atoms. The summed E-state index contributed by atoms with van der Waals surface area (Å²) in [4.78, 5) is 2.38. The molecule has 0 spiro atoms. The van der Waals surface area contributed by atoms with E-state index in [1.807, 2.05) is 42.6 Å². The summed E-state index contributed by atoms with van der Waals surface area (Å²) < 4.78 is 8.07. The van der Waals surface area contributed by atoms with Crippen LogP contribution in [0.4, 0.5) is 0 Å². The van der Waals surface area contributed by atoms with Gasteiger partial charge in [-0.3, -0.25) is 4.90 Å². The Balaban J connectivity index is 1.34. The highest BCUT2D eigenvalue weighted by molar-refractivity contribution is 6.32. The van der Waals surface area contributed by atoms with E-state index < -0.39 is 5.60 Å². The molecule has 0 unspecified atom stereocenters. The minimum Gasteiger partial charge on any atom is -0.491 e. The number of likely N-dealkylation sites (tertiary alicyclic amines) is 1. The van der Waals surface area contributed by atoms with Gasteiger partial charge in [-0.1, -0.05) is 29.8 Å². The molecule has 5 heteroatoms. The Kier molecular flexibility index (Phi) is 6.19. The molecule has 1 aliphatic rings. The van der Waals surface area contributed by atoms with Crippen molar-refractivity contribution in [2.45, 2.75) is 38.8 Å². The second-order valence-corrected chi connectivity index (χ2v) is 8.76. The number of aromatic nitrogens is 1. The number of benzene rings is 2. The summed E-state index contributed by atoms with van der Waals surface area (Å²) in [5, 5.41) is 11.7. The molecule has 4 rings (SSSR count). The number of nitrogens with zero attached hydrogens (tertiary/aromatic N) is 2. The normalized spacial score (nSPS) is 16.5. The van der Waals surface area contributed by atoms with Gasteiger partial charge in [0.2, 0.25) is 0 Å². The van der Waals surface area contributed by atoms with E-state index in [0.717, 1.165) is 36.1 Å². The molecule has 0 amide bonds. The third-order valence-corrected chi connectivity index (χ3v) is 6.42. The first-order chi connectivity index (χ1) is 14.4. The minimum atomic E-state index is -0.778. The van der Waals surface area contributed by atoms with Gasteiger partial charge >= 0.3 is 0 Å². The number of hydrogen-bond donors (Lipinski definition) is 1. The van der Waals surface area contributed by atoms with Crippen molar-refractivity contribution in [3.8, 4) is 11.4 Å². The van der Waals surface area contributed by atoms with Crippen molar-refractivity contribution in [2.24, 2.45) is 0 Å². The van der Waals surface area contributed by atoms with Gasteiger partial charge in [-0.2, -0.15) is 0 Å². The zero-order valence-corrected chi connectivity index (χ0v) is 18.4. The molecular formula is C25H29ClN2O2. The molecule has 0 radical (unpaired) electrons. The topological polar surface area (TPSA) is 37.6 Å². The van der Waals surface area contributed by atoms with Gasteiger partial charge in [0.15, 0.2) is 0 Å². The summed E-state index contributed by atoms with van der Waals surface area (Å²) in [6.07, 6.45) is 3.45. The number of aliphatic hydroxyl groups is 1. The van der Waals surface area contributed by atoms with E-state index >= 15 is 0 Å². The average Bonchev–Trinajstić information content (AvgIpc) is 3.19. The summed E-state index contributed by atoms with van der Waals surface area (Å²) in [6, 6.07) is 18.2. The van der Waals surface area contributed by atoms with E-state index in [1.165, 1.54) is 16.8 Å². The van der Waals surface area contributed by atoms with Crippen molar-refractivity contribution in [3.63, 3.8) is 0 Å². The fraction of sp³-hybridized carbons (Fsp3) is 0.360. The predicted octanol–water partition coefficient (Wildman–Crippen LogP) is 5.15. The zero-order chi connectivity index (χ0) is 21.1.